The highest BCUT2D eigenvalue weighted by atomic mass is 16.6. The fourth-order valence-corrected chi connectivity index (χ4v) is 1.85. The maximum Gasteiger partial charge on any atom is 0.410 e. The summed E-state index contributed by atoms with van der Waals surface area (Å²) in [6.07, 6.45) is 1.55. The smallest absolute Gasteiger partial charge is 0.410 e. The molecule has 0 bridgehead atoms. The molecule has 108 valence electrons. The van der Waals surface area contributed by atoms with E-state index in [2.05, 4.69) is 5.10 Å². The second-order valence-corrected chi connectivity index (χ2v) is 5.46. The number of rotatable bonds is 1. The third kappa shape index (κ3) is 3.98. The standard InChI is InChI=1S/C12H19N3O2.C2H6/c1-9-5-6-13-15(9)10-7-14(8-10)11(16)17-12(2,3)4;1-2/h5-6,10H,7-8H2,1-4H3;1-2H3. The predicted molar refractivity (Wildman–Crippen MR) is 75.2 cm³/mol. The van der Waals surface area contributed by atoms with Gasteiger partial charge in [-0.15, -0.1) is 0 Å². The maximum atomic E-state index is 11.7. The Morgan fingerprint density at radius 2 is 1.95 bits per heavy atom. The molecule has 1 fully saturated rings. The van der Waals surface area contributed by atoms with E-state index in [0.29, 0.717) is 13.1 Å². The fourth-order valence-electron chi connectivity index (χ4n) is 1.85. The lowest BCUT2D eigenvalue weighted by molar-refractivity contribution is -0.000658. The second-order valence-electron chi connectivity index (χ2n) is 5.46. The lowest BCUT2D eigenvalue weighted by Gasteiger charge is -2.40. The lowest BCUT2D eigenvalue weighted by Crippen LogP contribution is -2.52. The molecule has 19 heavy (non-hydrogen) atoms. The molecular weight excluding hydrogens is 242 g/mol. The highest BCUT2D eigenvalue weighted by molar-refractivity contribution is 5.69. The molecule has 0 spiro atoms. The Morgan fingerprint density at radius 1 is 1.37 bits per heavy atom. The van der Waals surface area contributed by atoms with Crippen LogP contribution in [0.25, 0.3) is 0 Å². The van der Waals surface area contributed by atoms with Crippen LogP contribution in [0.5, 0.6) is 0 Å². The lowest BCUT2D eigenvalue weighted by atomic mass is 10.1. The van der Waals surface area contributed by atoms with Crippen LogP contribution in [0.2, 0.25) is 0 Å². The summed E-state index contributed by atoms with van der Waals surface area (Å²) in [5, 5.41) is 4.24. The molecule has 2 heterocycles. The molecular formula is C14H25N3O2. The van der Waals surface area contributed by atoms with E-state index in [1.54, 1.807) is 11.1 Å². The van der Waals surface area contributed by atoms with Gasteiger partial charge >= 0.3 is 6.09 Å². The summed E-state index contributed by atoms with van der Waals surface area (Å²) in [4.78, 5) is 13.4. The van der Waals surface area contributed by atoms with Gasteiger partial charge in [-0.05, 0) is 33.8 Å². The van der Waals surface area contributed by atoms with Crippen LogP contribution in [0.3, 0.4) is 0 Å². The Bertz CT molecular complexity index is 415. The minimum Gasteiger partial charge on any atom is -0.444 e. The summed E-state index contributed by atoms with van der Waals surface area (Å²) in [5.41, 5.74) is 0.697. The first kappa shape index (κ1) is 15.5. The van der Waals surface area contributed by atoms with Crippen molar-refractivity contribution in [2.75, 3.05) is 13.1 Å². The van der Waals surface area contributed by atoms with Crippen LogP contribution in [0.15, 0.2) is 12.3 Å². The van der Waals surface area contributed by atoms with E-state index in [1.165, 1.54) is 0 Å². The first-order chi connectivity index (χ1) is 8.87. The number of carbonyl (C=O) groups is 1. The Kier molecular flexibility index (Phi) is 4.97. The van der Waals surface area contributed by atoms with Crippen LogP contribution < -0.4 is 0 Å². The van der Waals surface area contributed by atoms with Crippen LogP contribution in [-0.4, -0.2) is 39.5 Å². The van der Waals surface area contributed by atoms with Crippen LogP contribution >= 0.6 is 0 Å². The summed E-state index contributed by atoms with van der Waals surface area (Å²) >= 11 is 0. The van der Waals surface area contributed by atoms with Crippen molar-refractivity contribution in [2.24, 2.45) is 0 Å². The Morgan fingerprint density at radius 3 is 2.37 bits per heavy atom. The third-order valence-corrected chi connectivity index (χ3v) is 2.73. The molecule has 0 radical (unpaired) electrons. The van der Waals surface area contributed by atoms with Crippen molar-refractivity contribution >= 4 is 6.09 Å². The minimum atomic E-state index is -0.427. The highest BCUT2D eigenvalue weighted by Gasteiger charge is 2.35. The number of aromatic nitrogens is 2. The minimum absolute atomic E-state index is 0.237. The number of hydrogen-bond acceptors (Lipinski definition) is 3. The number of hydrogen-bond donors (Lipinski definition) is 0. The van der Waals surface area contributed by atoms with Crippen molar-refractivity contribution in [3.8, 4) is 0 Å². The number of likely N-dealkylation sites (tertiary alicyclic amines) is 1. The van der Waals surface area contributed by atoms with E-state index in [9.17, 15) is 4.79 Å². The van der Waals surface area contributed by atoms with Gasteiger partial charge in [0.25, 0.3) is 0 Å². The van der Waals surface area contributed by atoms with E-state index < -0.39 is 5.60 Å². The number of aryl methyl sites for hydroxylation is 1. The largest absolute Gasteiger partial charge is 0.444 e. The molecule has 0 aliphatic carbocycles. The van der Waals surface area contributed by atoms with Gasteiger partial charge in [0.1, 0.15) is 5.60 Å². The molecule has 1 aromatic heterocycles. The molecule has 5 nitrogen and oxygen atoms in total. The second kappa shape index (κ2) is 6.08. The van der Waals surface area contributed by atoms with Crippen molar-refractivity contribution in [2.45, 2.75) is 53.2 Å². The molecule has 2 rings (SSSR count). The Labute approximate surface area is 115 Å². The van der Waals surface area contributed by atoms with E-state index in [-0.39, 0.29) is 12.1 Å². The van der Waals surface area contributed by atoms with Gasteiger partial charge in [0, 0.05) is 25.0 Å². The number of carbonyl (C=O) groups excluding carboxylic acids is 1. The van der Waals surface area contributed by atoms with Gasteiger partial charge in [-0.3, -0.25) is 4.68 Å². The van der Waals surface area contributed by atoms with Gasteiger partial charge in [-0.2, -0.15) is 5.10 Å². The van der Waals surface area contributed by atoms with Gasteiger partial charge in [0.15, 0.2) is 0 Å². The van der Waals surface area contributed by atoms with Crippen molar-refractivity contribution < 1.29 is 9.53 Å². The van der Waals surface area contributed by atoms with Crippen molar-refractivity contribution in [1.82, 2.24) is 14.7 Å². The molecule has 1 amide bonds. The van der Waals surface area contributed by atoms with Crippen LogP contribution in [0.1, 0.15) is 46.4 Å². The summed E-state index contributed by atoms with van der Waals surface area (Å²) in [5.74, 6) is 0. The zero-order chi connectivity index (χ0) is 14.6. The average molecular weight is 267 g/mol. The third-order valence-electron chi connectivity index (χ3n) is 2.73. The Balaban J connectivity index is 0.000000861. The molecule has 0 unspecified atom stereocenters. The van der Waals surface area contributed by atoms with Gasteiger partial charge in [-0.1, -0.05) is 13.8 Å². The topological polar surface area (TPSA) is 47.4 Å². The summed E-state index contributed by atoms with van der Waals surface area (Å²) in [7, 11) is 0. The normalized spacial score (nSPS) is 15.4. The van der Waals surface area contributed by atoms with Crippen LogP contribution in [0.4, 0.5) is 4.79 Å². The fraction of sp³-hybridized carbons (Fsp3) is 0.714. The Hall–Kier alpha value is -1.52. The van der Waals surface area contributed by atoms with E-state index in [0.717, 1.165) is 5.69 Å². The van der Waals surface area contributed by atoms with Gasteiger partial charge in [0.2, 0.25) is 0 Å². The maximum absolute atomic E-state index is 11.7. The predicted octanol–water partition coefficient (Wildman–Crippen LogP) is 3.01. The van der Waals surface area contributed by atoms with E-state index in [1.807, 2.05) is 52.3 Å². The SMILES string of the molecule is CC.Cc1ccnn1C1CN(C(=O)OC(C)(C)C)C1. The van der Waals surface area contributed by atoms with Gasteiger partial charge < -0.3 is 9.64 Å². The first-order valence-corrected chi connectivity index (χ1v) is 6.85. The van der Waals surface area contributed by atoms with Crippen LogP contribution in [-0.2, 0) is 4.74 Å². The summed E-state index contributed by atoms with van der Waals surface area (Å²) in [6.45, 7) is 13.0. The van der Waals surface area contributed by atoms with Crippen molar-refractivity contribution in [3.63, 3.8) is 0 Å². The molecule has 0 atom stereocenters. The van der Waals surface area contributed by atoms with Gasteiger partial charge in [-0.25, -0.2) is 4.79 Å². The molecule has 1 saturated heterocycles. The summed E-state index contributed by atoms with van der Waals surface area (Å²) in [6, 6.07) is 2.26. The molecule has 0 aromatic carbocycles. The number of nitrogens with zero attached hydrogens (tertiary/aromatic N) is 3. The van der Waals surface area contributed by atoms with E-state index >= 15 is 0 Å². The molecule has 0 N–H and O–H groups in total. The van der Waals surface area contributed by atoms with Crippen LogP contribution in [0, 0.1) is 6.92 Å². The number of ether oxygens (including phenoxy) is 1. The molecule has 5 heteroatoms. The molecule has 1 aliphatic rings. The molecule has 1 aliphatic heterocycles. The van der Waals surface area contributed by atoms with Crippen molar-refractivity contribution in [1.29, 1.82) is 0 Å². The summed E-state index contributed by atoms with van der Waals surface area (Å²) < 4.78 is 7.25. The first-order valence-electron chi connectivity index (χ1n) is 6.85. The molecule has 0 saturated carbocycles. The molecule has 1 aromatic rings. The zero-order valence-corrected chi connectivity index (χ0v) is 12.8. The number of amides is 1. The zero-order valence-electron chi connectivity index (χ0n) is 12.8. The van der Waals surface area contributed by atoms with Crippen molar-refractivity contribution in [3.05, 3.63) is 18.0 Å². The van der Waals surface area contributed by atoms with E-state index in [4.69, 9.17) is 4.74 Å². The highest BCUT2D eigenvalue weighted by Crippen LogP contribution is 2.23. The average Bonchev–Trinajstić information content (AvgIpc) is 2.63. The van der Waals surface area contributed by atoms with Gasteiger partial charge in [0.05, 0.1) is 6.04 Å². The monoisotopic (exact) mass is 267 g/mol. The quantitative estimate of drug-likeness (QED) is 0.786.